The number of nitrogens with two attached hydrogens (primary N) is 1. The van der Waals surface area contributed by atoms with Gasteiger partial charge in [-0.3, -0.25) is 4.79 Å². The summed E-state index contributed by atoms with van der Waals surface area (Å²) in [7, 11) is 0. The van der Waals surface area contributed by atoms with Crippen LogP contribution in [-0.2, 0) is 11.3 Å². The van der Waals surface area contributed by atoms with E-state index in [1.165, 1.54) is 12.3 Å². The SMILES string of the molecule is CCCC(N)CC(=O)NCc1ccc(C(=O)O)nc1. The maximum absolute atomic E-state index is 11.6. The van der Waals surface area contributed by atoms with Gasteiger partial charge in [-0.15, -0.1) is 0 Å². The second-order valence-corrected chi connectivity index (χ2v) is 4.39. The highest BCUT2D eigenvalue weighted by Gasteiger charge is 2.09. The minimum absolute atomic E-state index is 0.0138. The maximum Gasteiger partial charge on any atom is 0.354 e. The fraction of sp³-hybridized carbons (Fsp3) is 0.462. The Morgan fingerprint density at radius 2 is 2.21 bits per heavy atom. The van der Waals surface area contributed by atoms with Gasteiger partial charge in [0.1, 0.15) is 5.69 Å². The van der Waals surface area contributed by atoms with Crippen molar-refractivity contribution in [2.24, 2.45) is 5.73 Å². The number of carboxylic acids is 1. The first-order valence-electron chi connectivity index (χ1n) is 6.23. The Bertz CT molecular complexity index is 431. The van der Waals surface area contributed by atoms with Crippen LogP contribution < -0.4 is 11.1 Å². The van der Waals surface area contributed by atoms with Crippen LogP contribution in [0.5, 0.6) is 0 Å². The Kier molecular flexibility index (Phi) is 5.95. The van der Waals surface area contributed by atoms with E-state index in [4.69, 9.17) is 10.8 Å². The van der Waals surface area contributed by atoms with Crippen molar-refractivity contribution < 1.29 is 14.7 Å². The molecule has 6 nitrogen and oxygen atoms in total. The summed E-state index contributed by atoms with van der Waals surface area (Å²) in [5.41, 5.74) is 6.51. The van der Waals surface area contributed by atoms with Crippen molar-refractivity contribution in [2.45, 2.75) is 38.8 Å². The molecule has 0 aliphatic heterocycles. The number of hydrogen-bond acceptors (Lipinski definition) is 4. The van der Waals surface area contributed by atoms with E-state index in [-0.39, 0.29) is 17.6 Å². The Labute approximate surface area is 112 Å². The van der Waals surface area contributed by atoms with Gasteiger partial charge in [-0.25, -0.2) is 9.78 Å². The van der Waals surface area contributed by atoms with Crippen LogP contribution in [0.4, 0.5) is 0 Å². The van der Waals surface area contributed by atoms with Gasteiger partial charge >= 0.3 is 5.97 Å². The molecular formula is C13H19N3O3. The zero-order valence-electron chi connectivity index (χ0n) is 10.9. The van der Waals surface area contributed by atoms with E-state index in [0.29, 0.717) is 13.0 Å². The van der Waals surface area contributed by atoms with Crippen LogP contribution >= 0.6 is 0 Å². The van der Waals surface area contributed by atoms with Gasteiger partial charge < -0.3 is 16.2 Å². The average molecular weight is 265 g/mol. The smallest absolute Gasteiger partial charge is 0.354 e. The number of pyridine rings is 1. The molecule has 1 atom stereocenters. The summed E-state index contributed by atoms with van der Waals surface area (Å²) >= 11 is 0. The number of carbonyl (C=O) groups is 2. The van der Waals surface area contributed by atoms with Crippen LogP contribution in [0.3, 0.4) is 0 Å². The fourth-order valence-electron chi connectivity index (χ4n) is 1.64. The highest BCUT2D eigenvalue weighted by atomic mass is 16.4. The molecule has 0 saturated carbocycles. The number of amides is 1. The molecule has 1 amide bonds. The van der Waals surface area contributed by atoms with Crippen molar-refractivity contribution in [3.63, 3.8) is 0 Å². The topological polar surface area (TPSA) is 105 Å². The molecule has 1 heterocycles. The number of hydrogen-bond donors (Lipinski definition) is 3. The number of carboxylic acid groups (broad SMARTS) is 1. The number of aromatic carboxylic acids is 1. The second-order valence-electron chi connectivity index (χ2n) is 4.39. The van der Waals surface area contributed by atoms with Gasteiger partial charge in [-0.05, 0) is 18.1 Å². The molecule has 0 bridgehead atoms. The van der Waals surface area contributed by atoms with Crippen molar-refractivity contribution >= 4 is 11.9 Å². The predicted octanol–water partition coefficient (Wildman–Crippen LogP) is 0.913. The molecule has 19 heavy (non-hydrogen) atoms. The zero-order chi connectivity index (χ0) is 14.3. The summed E-state index contributed by atoms with van der Waals surface area (Å²) in [6.07, 6.45) is 3.52. The number of rotatable bonds is 7. The Morgan fingerprint density at radius 3 is 2.74 bits per heavy atom. The van der Waals surface area contributed by atoms with Crippen LogP contribution in [0.2, 0.25) is 0 Å². The fourth-order valence-corrected chi connectivity index (χ4v) is 1.64. The summed E-state index contributed by atoms with van der Waals surface area (Å²) in [6, 6.07) is 2.92. The molecule has 1 unspecified atom stereocenters. The third-order valence-corrected chi connectivity index (χ3v) is 2.64. The third kappa shape index (κ3) is 5.48. The van der Waals surface area contributed by atoms with Gasteiger partial charge in [0, 0.05) is 25.2 Å². The Morgan fingerprint density at radius 1 is 1.47 bits per heavy atom. The first-order valence-corrected chi connectivity index (χ1v) is 6.23. The molecule has 6 heteroatoms. The quantitative estimate of drug-likeness (QED) is 0.679. The van der Waals surface area contributed by atoms with E-state index >= 15 is 0 Å². The lowest BCUT2D eigenvalue weighted by Gasteiger charge is -2.10. The molecule has 0 fully saturated rings. The second kappa shape index (κ2) is 7.48. The Balaban J connectivity index is 2.39. The summed E-state index contributed by atoms with van der Waals surface area (Å²) in [6.45, 7) is 2.35. The number of nitrogens with zero attached hydrogens (tertiary/aromatic N) is 1. The minimum atomic E-state index is -1.07. The minimum Gasteiger partial charge on any atom is -0.477 e. The molecule has 4 N–H and O–H groups in total. The highest BCUT2D eigenvalue weighted by Crippen LogP contribution is 2.02. The lowest BCUT2D eigenvalue weighted by atomic mass is 10.1. The first kappa shape index (κ1) is 15.1. The van der Waals surface area contributed by atoms with Crippen molar-refractivity contribution in [1.29, 1.82) is 0 Å². The molecule has 0 saturated heterocycles. The van der Waals surface area contributed by atoms with Gasteiger partial charge in [-0.1, -0.05) is 19.4 Å². The lowest BCUT2D eigenvalue weighted by molar-refractivity contribution is -0.121. The summed E-state index contributed by atoms with van der Waals surface area (Å²) in [5.74, 6) is -1.18. The van der Waals surface area contributed by atoms with E-state index < -0.39 is 5.97 Å². The molecule has 0 aliphatic carbocycles. The molecule has 0 aromatic carbocycles. The van der Waals surface area contributed by atoms with Gasteiger partial charge in [0.05, 0.1) is 0 Å². The summed E-state index contributed by atoms with van der Waals surface area (Å²) in [5, 5.41) is 11.4. The van der Waals surface area contributed by atoms with Crippen LogP contribution in [0.25, 0.3) is 0 Å². The number of nitrogens with one attached hydrogen (secondary N) is 1. The van der Waals surface area contributed by atoms with Crippen molar-refractivity contribution in [3.8, 4) is 0 Å². The van der Waals surface area contributed by atoms with E-state index in [9.17, 15) is 9.59 Å². The van der Waals surface area contributed by atoms with Crippen molar-refractivity contribution in [2.75, 3.05) is 0 Å². The van der Waals surface area contributed by atoms with Crippen molar-refractivity contribution in [1.82, 2.24) is 10.3 Å². The lowest BCUT2D eigenvalue weighted by Crippen LogP contribution is -2.31. The molecule has 0 radical (unpaired) electrons. The Hall–Kier alpha value is -1.95. The largest absolute Gasteiger partial charge is 0.477 e. The molecule has 0 spiro atoms. The zero-order valence-corrected chi connectivity index (χ0v) is 10.9. The van der Waals surface area contributed by atoms with Crippen LogP contribution in [0.1, 0.15) is 42.2 Å². The highest BCUT2D eigenvalue weighted by molar-refractivity contribution is 5.85. The average Bonchev–Trinajstić information content (AvgIpc) is 2.37. The monoisotopic (exact) mass is 265 g/mol. The molecule has 1 aromatic rings. The van der Waals surface area contributed by atoms with Gasteiger partial charge in [0.2, 0.25) is 5.91 Å². The molecule has 1 rings (SSSR count). The predicted molar refractivity (Wildman–Crippen MR) is 70.5 cm³/mol. The maximum atomic E-state index is 11.6. The van der Waals surface area contributed by atoms with E-state index in [2.05, 4.69) is 10.3 Å². The molecule has 1 aromatic heterocycles. The normalized spacial score (nSPS) is 11.9. The molecule has 104 valence electrons. The van der Waals surface area contributed by atoms with Gasteiger partial charge in [0.15, 0.2) is 0 Å². The van der Waals surface area contributed by atoms with E-state index in [0.717, 1.165) is 18.4 Å². The van der Waals surface area contributed by atoms with Gasteiger partial charge in [0.25, 0.3) is 0 Å². The summed E-state index contributed by atoms with van der Waals surface area (Å²) in [4.78, 5) is 26.0. The molecular weight excluding hydrogens is 246 g/mol. The van der Waals surface area contributed by atoms with Crippen molar-refractivity contribution in [3.05, 3.63) is 29.6 Å². The van der Waals surface area contributed by atoms with Crippen LogP contribution in [0, 0.1) is 0 Å². The molecule has 0 aliphatic rings. The number of aromatic nitrogens is 1. The van der Waals surface area contributed by atoms with Gasteiger partial charge in [-0.2, -0.15) is 0 Å². The third-order valence-electron chi connectivity index (χ3n) is 2.64. The summed E-state index contributed by atoms with van der Waals surface area (Å²) < 4.78 is 0. The standard InChI is InChI=1S/C13H19N3O3/c1-2-3-10(14)6-12(17)16-8-9-4-5-11(13(18)19)15-7-9/h4-5,7,10H,2-3,6,8,14H2,1H3,(H,16,17)(H,18,19). The van der Waals surface area contributed by atoms with Crippen LogP contribution in [0.15, 0.2) is 18.3 Å². The number of carbonyl (C=O) groups excluding carboxylic acids is 1. The van der Waals surface area contributed by atoms with E-state index in [1.54, 1.807) is 6.07 Å². The van der Waals surface area contributed by atoms with Crippen LogP contribution in [-0.4, -0.2) is 28.0 Å². The first-order chi connectivity index (χ1) is 9.02. The van der Waals surface area contributed by atoms with E-state index in [1.807, 2.05) is 6.92 Å².